The maximum Gasteiger partial charge on any atom is 0.155 e. The average molecular weight is 242 g/mol. The Labute approximate surface area is 107 Å². The van der Waals surface area contributed by atoms with Crippen molar-refractivity contribution >= 4 is 0 Å². The fourth-order valence-corrected chi connectivity index (χ4v) is 2.34. The first kappa shape index (κ1) is 11.4. The molecule has 1 aromatic heterocycles. The largest absolute Gasteiger partial charge is 0.327 e. The van der Waals surface area contributed by atoms with Gasteiger partial charge < -0.3 is 5.73 Å². The second-order valence-corrected chi connectivity index (χ2v) is 5.08. The van der Waals surface area contributed by atoms with Gasteiger partial charge in [0, 0.05) is 25.4 Å². The van der Waals surface area contributed by atoms with E-state index in [2.05, 4.69) is 41.3 Å². The van der Waals surface area contributed by atoms with E-state index in [9.17, 15) is 0 Å². The molecule has 94 valence electrons. The van der Waals surface area contributed by atoms with Crippen LogP contribution in [0, 0.1) is 6.92 Å². The number of fused-ring (bicyclic) bond motifs is 1. The van der Waals surface area contributed by atoms with Crippen molar-refractivity contribution < 1.29 is 0 Å². The van der Waals surface area contributed by atoms with Crippen LogP contribution < -0.4 is 5.73 Å². The van der Waals surface area contributed by atoms with Crippen molar-refractivity contribution in [3.8, 4) is 0 Å². The monoisotopic (exact) mass is 242 g/mol. The Balaban J connectivity index is 1.79. The number of hydrogen-bond acceptors (Lipinski definition) is 3. The number of aromatic nitrogens is 3. The zero-order chi connectivity index (χ0) is 12.5. The van der Waals surface area contributed by atoms with Crippen LogP contribution in [0.5, 0.6) is 0 Å². The molecule has 1 aliphatic heterocycles. The molecule has 1 aliphatic rings. The van der Waals surface area contributed by atoms with Gasteiger partial charge in [-0.3, -0.25) is 0 Å². The van der Waals surface area contributed by atoms with Gasteiger partial charge in [0.15, 0.2) is 5.82 Å². The molecule has 1 aromatic carbocycles. The third-order valence-electron chi connectivity index (χ3n) is 3.43. The highest BCUT2D eigenvalue weighted by Gasteiger charge is 2.18. The van der Waals surface area contributed by atoms with E-state index in [1.54, 1.807) is 0 Å². The van der Waals surface area contributed by atoms with Gasteiger partial charge in [-0.05, 0) is 18.9 Å². The van der Waals surface area contributed by atoms with Crippen LogP contribution in [-0.2, 0) is 19.4 Å². The van der Waals surface area contributed by atoms with Gasteiger partial charge in [0.25, 0.3) is 0 Å². The first-order valence-electron chi connectivity index (χ1n) is 6.44. The van der Waals surface area contributed by atoms with Crippen molar-refractivity contribution in [2.45, 2.75) is 38.8 Å². The molecule has 1 atom stereocenters. The lowest BCUT2D eigenvalue weighted by atomic mass is 10.1. The molecule has 4 heteroatoms. The van der Waals surface area contributed by atoms with Crippen LogP contribution in [0.3, 0.4) is 0 Å². The smallest absolute Gasteiger partial charge is 0.155 e. The first-order valence-corrected chi connectivity index (χ1v) is 6.44. The van der Waals surface area contributed by atoms with Crippen LogP contribution in [0.15, 0.2) is 24.3 Å². The van der Waals surface area contributed by atoms with Crippen molar-refractivity contribution in [1.82, 2.24) is 14.8 Å². The van der Waals surface area contributed by atoms with Gasteiger partial charge in [0.2, 0.25) is 0 Å². The van der Waals surface area contributed by atoms with Crippen LogP contribution in [0.2, 0.25) is 0 Å². The summed E-state index contributed by atoms with van der Waals surface area (Å²) in [6.45, 7) is 3.00. The summed E-state index contributed by atoms with van der Waals surface area (Å²) in [7, 11) is 0. The highest BCUT2D eigenvalue weighted by Crippen LogP contribution is 2.14. The van der Waals surface area contributed by atoms with E-state index in [1.165, 1.54) is 11.1 Å². The van der Waals surface area contributed by atoms with Crippen LogP contribution >= 0.6 is 0 Å². The summed E-state index contributed by atoms with van der Waals surface area (Å²) < 4.78 is 2.01. The van der Waals surface area contributed by atoms with Gasteiger partial charge in [-0.1, -0.05) is 29.8 Å². The third kappa shape index (κ3) is 2.29. The van der Waals surface area contributed by atoms with E-state index in [-0.39, 0.29) is 6.04 Å². The second kappa shape index (κ2) is 4.53. The van der Waals surface area contributed by atoms with Gasteiger partial charge in [0.1, 0.15) is 5.82 Å². The molecule has 0 spiro atoms. The minimum absolute atomic E-state index is 0.244. The molecule has 2 aromatic rings. The lowest BCUT2D eigenvalue weighted by Gasteiger charge is -2.17. The highest BCUT2D eigenvalue weighted by atomic mass is 15.4. The van der Waals surface area contributed by atoms with Crippen molar-refractivity contribution in [1.29, 1.82) is 0 Å². The molecule has 0 saturated heterocycles. The van der Waals surface area contributed by atoms with Gasteiger partial charge in [-0.25, -0.2) is 9.67 Å². The first-order chi connectivity index (χ1) is 8.70. The molecule has 2 heterocycles. The summed E-state index contributed by atoms with van der Waals surface area (Å²) in [6, 6.07) is 8.78. The minimum Gasteiger partial charge on any atom is -0.327 e. The molecule has 0 saturated carbocycles. The van der Waals surface area contributed by atoms with Crippen molar-refractivity contribution in [3.05, 3.63) is 47.0 Å². The number of nitrogens with two attached hydrogens (primary N) is 1. The lowest BCUT2D eigenvalue weighted by Crippen LogP contribution is -2.31. The van der Waals surface area contributed by atoms with Crippen molar-refractivity contribution in [2.24, 2.45) is 5.73 Å². The Bertz CT molecular complexity index is 541. The predicted molar refractivity (Wildman–Crippen MR) is 70.3 cm³/mol. The predicted octanol–water partition coefficient (Wildman–Crippen LogP) is 1.45. The molecule has 0 aliphatic carbocycles. The zero-order valence-corrected chi connectivity index (χ0v) is 10.6. The van der Waals surface area contributed by atoms with E-state index >= 15 is 0 Å². The Hall–Kier alpha value is -1.68. The number of nitrogens with zero attached hydrogens (tertiary/aromatic N) is 3. The van der Waals surface area contributed by atoms with Gasteiger partial charge in [-0.15, -0.1) is 0 Å². The minimum atomic E-state index is 0.244. The molecule has 4 nitrogen and oxygen atoms in total. The van der Waals surface area contributed by atoms with Gasteiger partial charge in [0.05, 0.1) is 0 Å². The molecule has 2 N–H and O–H groups in total. The summed E-state index contributed by atoms with van der Waals surface area (Å²) >= 11 is 0. The fourth-order valence-electron chi connectivity index (χ4n) is 2.34. The molecule has 0 amide bonds. The summed E-state index contributed by atoms with van der Waals surface area (Å²) in [6.07, 6.45) is 2.65. The Kier molecular flexibility index (Phi) is 2.88. The van der Waals surface area contributed by atoms with Crippen molar-refractivity contribution in [3.63, 3.8) is 0 Å². The maximum absolute atomic E-state index is 5.95. The number of aryl methyl sites for hydroxylation is 2. The number of hydrogen-bond donors (Lipinski definition) is 1. The molecule has 1 unspecified atom stereocenters. The quantitative estimate of drug-likeness (QED) is 0.867. The van der Waals surface area contributed by atoms with Crippen LogP contribution in [-0.4, -0.2) is 20.8 Å². The lowest BCUT2D eigenvalue weighted by molar-refractivity contribution is 0.432. The van der Waals surface area contributed by atoms with Crippen molar-refractivity contribution in [2.75, 3.05) is 0 Å². The van der Waals surface area contributed by atoms with E-state index in [1.807, 2.05) is 4.68 Å². The van der Waals surface area contributed by atoms with Crippen LogP contribution in [0.25, 0.3) is 0 Å². The zero-order valence-electron chi connectivity index (χ0n) is 10.6. The van der Waals surface area contributed by atoms with E-state index < -0.39 is 0 Å². The van der Waals surface area contributed by atoms with E-state index in [4.69, 9.17) is 5.73 Å². The summed E-state index contributed by atoms with van der Waals surface area (Å²) in [5.41, 5.74) is 8.48. The highest BCUT2D eigenvalue weighted by molar-refractivity contribution is 5.23. The Morgan fingerprint density at radius 2 is 2.11 bits per heavy atom. The number of benzene rings is 1. The van der Waals surface area contributed by atoms with Crippen LogP contribution in [0.1, 0.15) is 29.2 Å². The third-order valence-corrected chi connectivity index (χ3v) is 3.43. The topological polar surface area (TPSA) is 56.7 Å². The van der Waals surface area contributed by atoms with Gasteiger partial charge in [-0.2, -0.15) is 5.10 Å². The number of rotatable bonds is 2. The molecule has 0 fully saturated rings. The van der Waals surface area contributed by atoms with Crippen LogP contribution in [0.4, 0.5) is 0 Å². The molecular formula is C14H18N4. The Morgan fingerprint density at radius 3 is 2.89 bits per heavy atom. The Morgan fingerprint density at radius 1 is 1.33 bits per heavy atom. The standard InChI is InChI=1S/C14H18N4/c1-10-2-4-11(5-3-10)8-13-16-14-9-12(15)6-7-18(14)17-13/h2-5,12H,6-9,15H2,1H3. The molecule has 18 heavy (non-hydrogen) atoms. The van der Waals surface area contributed by atoms with E-state index in [0.29, 0.717) is 0 Å². The normalized spacial score (nSPS) is 18.7. The summed E-state index contributed by atoms with van der Waals surface area (Å²) in [4.78, 5) is 4.59. The fraction of sp³-hybridized carbons (Fsp3) is 0.429. The summed E-state index contributed by atoms with van der Waals surface area (Å²) in [5.74, 6) is 1.94. The van der Waals surface area contributed by atoms with E-state index in [0.717, 1.165) is 37.5 Å². The average Bonchev–Trinajstić information content (AvgIpc) is 2.73. The molecule has 0 radical (unpaired) electrons. The second-order valence-electron chi connectivity index (χ2n) is 5.08. The SMILES string of the molecule is Cc1ccc(Cc2nc3n(n2)CCC(N)C3)cc1. The molecule has 3 rings (SSSR count). The molecule has 0 bridgehead atoms. The summed E-state index contributed by atoms with van der Waals surface area (Å²) in [5, 5.41) is 4.55. The van der Waals surface area contributed by atoms with Gasteiger partial charge >= 0.3 is 0 Å². The maximum atomic E-state index is 5.95. The molecular weight excluding hydrogens is 224 g/mol.